The van der Waals surface area contributed by atoms with Gasteiger partial charge in [-0.15, -0.1) is 0 Å². The second kappa shape index (κ2) is 4.61. The number of halogens is 1. The first kappa shape index (κ1) is 12.9. The maximum atomic E-state index is 11.9. The molecule has 0 aliphatic carbocycles. The van der Waals surface area contributed by atoms with Crippen molar-refractivity contribution in [2.45, 2.75) is 20.4 Å². The van der Waals surface area contributed by atoms with Gasteiger partial charge in [-0.2, -0.15) is 5.10 Å². The summed E-state index contributed by atoms with van der Waals surface area (Å²) in [6.45, 7) is 4.19. The first-order chi connectivity index (χ1) is 8.40. The Morgan fingerprint density at radius 1 is 1.44 bits per heavy atom. The van der Waals surface area contributed by atoms with Crippen molar-refractivity contribution in [2.75, 3.05) is 5.73 Å². The molecule has 5 nitrogen and oxygen atoms in total. The van der Waals surface area contributed by atoms with E-state index in [9.17, 15) is 4.79 Å². The van der Waals surface area contributed by atoms with Crippen LogP contribution >= 0.6 is 15.9 Å². The molecule has 18 heavy (non-hydrogen) atoms. The standard InChI is InChI=1S/C12H15BrN4O/c1-7-4-11(18)17(5-9(7)14)6-10-12(13)8(2)15-16(10)3/h4-5H,6,14H2,1-3H3. The van der Waals surface area contributed by atoms with E-state index in [4.69, 9.17) is 5.73 Å². The van der Waals surface area contributed by atoms with E-state index in [-0.39, 0.29) is 5.56 Å². The van der Waals surface area contributed by atoms with E-state index in [1.807, 2.05) is 20.9 Å². The fourth-order valence-electron chi connectivity index (χ4n) is 1.82. The zero-order valence-electron chi connectivity index (χ0n) is 10.6. The van der Waals surface area contributed by atoms with Crippen LogP contribution in [-0.4, -0.2) is 14.3 Å². The van der Waals surface area contributed by atoms with Gasteiger partial charge in [-0.25, -0.2) is 0 Å². The molecule has 2 heterocycles. The lowest BCUT2D eigenvalue weighted by molar-refractivity contribution is 0.650. The molecular weight excluding hydrogens is 296 g/mol. The number of nitrogens with two attached hydrogens (primary N) is 1. The van der Waals surface area contributed by atoms with Crippen molar-refractivity contribution in [1.82, 2.24) is 14.3 Å². The summed E-state index contributed by atoms with van der Waals surface area (Å²) < 4.78 is 4.28. The first-order valence-corrected chi connectivity index (χ1v) is 6.34. The normalized spacial score (nSPS) is 10.9. The van der Waals surface area contributed by atoms with Gasteiger partial charge in [-0.3, -0.25) is 9.48 Å². The molecule has 2 aromatic heterocycles. The molecule has 0 saturated heterocycles. The highest BCUT2D eigenvalue weighted by atomic mass is 79.9. The van der Waals surface area contributed by atoms with Gasteiger partial charge in [0, 0.05) is 19.3 Å². The van der Waals surface area contributed by atoms with Gasteiger partial charge in [0.15, 0.2) is 0 Å². The van der Waals surface area contributed by atoms with E-state index in [1.165, 1.54) is 0 Å². The molecule has 0 spiro atoms. The van der Waals surface area contributed by atoms with Gasteiger partial charge in [0.05, 0.1) is 28.1 Å². The molecule has 0 saturated carbocycles. The van der Waals surface area contributed by atoms with Gasteiger partial charge < -0.3 is 10.3 Å². The second-order valence-electron chi connectivity index (χ2n) is 4.35. The van der Waals surface area contributed by atoms with E-state index in [2.05, 4.69) is 21.0 Å². The summed E-state index contributed by atoms with van der Waals surface area (Å²) in [5.41, 5.74) is 9.03. The zero-order valence-corrected chi connectivity index (χ0v) is 12.2. The van der Waals surface area contributed by atoms with Crippen LogP contribution in [-0.2, 0) is 13.6 Å². The Labute approximate surface area is 113 Å². The van der Waals surface area contributed by atoms with Crippen molar-refractivity contribution >= 4 is 21.6 Å². The van der Waals surface area contributed by atoms with E-state index in [0.29, 0.717) is 12.2 Å². The summed E-state index contributed by atoms with van der Waals surface area (Å²) >= 11 is 3.49. The number of hydrogen-bond acceptors (Lipinski definition) is 3. The third kappa shape index (κ3) is 2.20. The van der Waals surface area contributed by atoms with E-state index < -0.39 is 0 Å². The predicted molar refractivity (Wildman–Crippen MR) is 74.6 cm³/mol. The summed E-state index contributed by atoms with van der Waals surface area (Å²) in [7, 11) is 1.86. The average molecular weight is 311 g/mol. The molecule has 0 aliphatic heterocycles. The van der Waals surface area contributed by atoms with E-state index >= 15 is 0 Å². The third-order valence-corrected chi connectivity index (χ3v) is 3.99. The van der Waals surface area contributed by atoms with Crippen LogP contribution < -0.4 is 11.3 Å². The highest BCUT2D eigenvalue weighted by molar-refractivity contribution is 9.10. The van der Waals surface area contributed by atoms with Crippen LogP contribution in [0, 0.1) is 13.8 Å². The number of hydrogen-bond donors (Lipinski definition) is 1. The third-order valence-electron chi connectivity index (χ3n) is 2.96. The number of anilines is 1. The largest absolute Gasteiger partial charge is 0.397 e. The average Bonchev–Trinajstić information content (AvgIpc) is 2.52. The van der Waals surface area contributed by atoms with Gasteiger partial charge in [-0.05, 0) is 35.3 Å². The van der Waals surface area contributed by atoms with Crippen LogP contribution in [0.4, 0.5) is 5.69 Å². The molecule has 0 amide bonds. The summed E-state index contributed by atoms with van der Waals surface area (Å²) in [5, 5.41) is 4.30. The Bertz CT molecular complexity index is 657. The lowest BCUT2D eigenvalue weighted by atomic mass is 10.2. The lowest BCUT2D eigenvalue weighted by Gasteiger charge is -2.09. The van der Waals surface area contributed by atoms with E-state index in [1.54, 1.807) is 21.5 Å². The quantitative estimate of drug-likeness (QED) is 0.916. The lowest BCUT2D eigenvalue weighted by Crippen LogP contribution is -2.22. The molecule has 0 radical (unpaired) electrons. The van der Waals surface area contributed by atoms with Crippen LogP contribution in [0.5, 0.6) is 0 Å². The highest BCUT2D eigenvalue weighted by Gasteiger charge is 2.12. The first-order valence-electron chi connectivity index (χ1n) is 5.54. The molecule has 0 aliphatic rings. The number of nitrogen functional groups attached to an aromatic ring is 1. The summed E-state index contributed by atoms with van der Waals surface area (Å²) in [4.78, 5) is 11.9. The van der Waals surface area contributed by atoms with Crippen LogP contribution in [0.2, 0.25) is 0 Å². The Morgan fingerprint density at radius 3 is 2.67 bits per heavy atom. The van der Waals surface area contributed by atoms with Crippen molar-refractivity contribution in [3.63, 3.8) is 0 Å². The van der Waals surface area contributed by atoms with Crippen molar-refractivity contribution in [1.29, 1.82) is 0 Å². The van der Waals surface area contributed by atoms with Crippen LogP contribution in [0.25, 0.3) is 0 Å². The summed E-state index contributed by atoms with van der Waals surface area (Å²) in [5.74, 6) is 0. The molecule has 0 fully saturated rings. The molecule has 2 aromatic rings. The van der Waals surface area contributed by atoms with Crippen molar-refractivity contribution in [2.24, 2.45) is 7.05 Å². The summed E-state index contributed by atoms with van der Waals surface area (Å²) in [6, 6.07) is 1.55. The van der Waals surface area contributed by atoms with Gasteiger partial charge >= 0.3 is 0 Å². The molecule has 2 N–H and O–H groups in total. The molecule has 6 heteroatoms. The minimum Gasteiger partial charge on any atom is -0.397 e. The van der Waals surface area contributed by atoms with Crippen molar-refractivity contribution < 1.29 is 0 Å². The minimum atomic E-state index is -0.0625. The molecule has 96 valence electrons. The number of nitrogens with zero attached hydrogens (tertiary/aromatic N) is 3. The maximum Gasteiger partial charge on any atom is 0.251 e. The summed E-state index contributed by atoms with van der Waals surface area (Å²) in [6.07, 6.45) is 1.67. The maximum absolute atomic E-state index is 11.9. The van der Waals surface area contributed by atoms with Crippen molar-refractivity contribution in [3.8, 4) is 0 Å². The Morgan fingerprint density at radius 2 is 2.11 bits per heavy atom. The zero-order chi connectivity index (χ0) is 13.4. The van der Waals surface area contributed by atoms with E-state index in [0.717, 1.165) is 21.4 Å². The molecule has 0 unspecified atom stereocenters. The number of aromatic nitrogens is 3. The monoisotopic (exact) mass is 310 g/mol. The number of rotatable bonds is 2. The highest BCUT2D eigenvalue weighted by Crippen LogP contribution is 2.21. The van der Waals surface area contributed by atoms with Gasteiger partial charge in [0.1, 0.15) is 0 Å². The smallest absolute Gasteiger partial charge is 0.251 e. The minimum absolute atomic E-state index is 0.0625. The van der Waals surface area contributed by atoms with Gasteiger partial charge in [0.25, 0.3) is 5.56 Å². The fourth-order valence-corrected chi connectivity index (χ4v) is 2.28. The van der Waals surface area contributed by atoms with Gasteiger partial charge in [0.2, 0.25) is 0 Å². The molecular formula is C12H15BrN4O. The number of pyridine rings is 1. The van der Waals surface area contributed by atoms with Crippen LogP contribution in [0.1, 0.15) is 17.0 Å². The molecule has 0 aromatic carbocycles. The number of aryl methyl sites for hydroxylation is 3. The van der Waals surface area contributed by atoms with Gasteiger partial charge in [-0.1, -0.05) is 0 Å². The Balaban J connectivity index is 2.46. The molecule has 0 bridgehead atoms. The Kier molecular flexibility index (Phi) is 3.30. The molecule has 2 rings (SSSR count). The second-order valence-corrected chi connectivity index (χ2v) is 5.14. The molecule has 0 atom stereocenters. The van der Waals surface area contributed by atoms with Crippen LogP contribution in [0.15, 0.2) is 21.5 Å². The van der Waals surface area contributed by atoms with Crippen LogP contribution in [0.3, 0.4) is 0 Å². The predicted octanol–water partition coefficient (Wildman–Crippen LogP) is 1.59. The fraction of sp³-hybridized carbons (Fsp3) is 0.333. The topological polar surface area (TPSA) is 65.8 Å². The SMILES string of the molecule is Cc1cc(=O)n(Cc2c(Br)c(C)nn2C)cc1N. The van der Waals surface area contributed by atoms with Crippen molar-refractivity contribution in [3.05, 3.63) is 44.0 Å². The Hall–Kier alpha value is -1.56.